The monoisotopic (exact) mass is 402 g/mol. The van der Waals surface area contributed by atoms with E-state index in [2.05, 4.69) is 21.2 Å². The Balaban J connectivity index is 3.08. The largest absolute Gasteiger partial charge is 0.351 e. The molecule has 0 heterocycles. The summed E-state index contributed by atoms with van der Waals surface area (Å²) < 4.78 is 57.7. The van der Waals surface area contributed by atoms with E-state index in [-0.39, 0.29) is 22.3 Å². The van der Waals surface area contributed by atoms with Gasteiger partial charge in [-0.3, -0.25) is 4.79 Å². The second-order valence-electron chi connectivity index (χ2n) is 4.20. The number of hydrogen-bond acceptors (Lipinski definition) is 5. The predicted molar refractivity (Wildman–Crippen MR) is 77.5 cm³/mol. The number of benzene rings is 1. The number of carbonyl (C=O) groups is 1. The quantitative estimate of drug-likeness (QED) is 0.717. The molecule has 0 saturated heterocycles. The molecule has 0 unspecified atom stereocenters. The SMILES string of the molecule is CS(=O)(=O)CCNC(=O)c1cc(F)cc(S(N)(=O)=O)c1Br. The van der Waals surface area contributed by atoms with Gasteiger partial charge < -0.3 is 5.32 Å². The minimum absolute atomic E-state index is 0.189. The van der Waals surface area contributed by atoms with Crippen LogP contribution in [0.2, 0.25) is 0 Å². The fourth-order valence-corrected chi connectivity index (χ4v) is 3.58. The average molecular weight is 403 g/mol. The highest BCUT2D eigenvalue weighted by Crippen LogP contribution is 2.26. The van der Waals surface area contributed by atoms with Crippen molar-refractivity contribution in [3.63, 3.8) is 0 Å². The van der Waals surface area contributed by atoms with Crippen molar-refractivity contribution in [1.82, 2.24) is 5.32 Å². The summed E-state index contributed by atoms with van der Waals surface area (Å²) in [5.41, 5.74) is -0.299. The number of nitrogens with one attached hydrogen (secondary N) is 1. The topological polar surface area (TPSA) is 123 Å². The molecule has 118 valence electrons. The van der Waals surface area contributed by atoms with Crippen molar-refractivity contribution in [1.29, 1.82) is 0 Å². The zero-order chi connectivity index (χ0) is 16.4. The molecule has 7 nitrogen and oxygen atoms in total. The van der Waals surface area contributed by atoms with Crippen LogP contribution in [0.4, 0.5) is 4.39 Å². The maximum Gasteiger partial charge on any atom is 0.252 e. The number of halogens is 2. The molecule has 1 rings (SSSR count). The van der Waals surface area contributed by atoms with E-state index in [1.54, 1.807) is 0 Å². The van der Waals surface area contributed by atoms with E-state index in [1.807, 2.05) is 0 Å². The zero-order valence-electron chi connectivity index (χ0n) is 10.8. The Bertz CT molecular complexity index is 777. The molecule has 0 fully saturated rings. The Morgan fingerprint density at radius 3 is 2.38 bits per heavy atom. The normalized spacial score (nSPS) is 12.2. The van der Waals surface area contributed by atoms with E-state index in [4.69, 9.17) is 5.14 Å². The Kier molecular flexibility index (Phi) is 5.47. The molecule has 3 N–H and O–H groups in total. The summed E-state index contributed by atoms with van der Waals surface area (Å²) in [5.74, 6) is -2.08. The van der Waals surface area contributed by atoms with Crippen LogP contribution < -0.4 is 10.5 Å². The molecule has 0 radical (unpaired) electrons. The summed E-state index contributed by atoms with van der Waals surface area (Å²) >= 11 is 2.88. The number of sulfone groups is 1. The smallest absolute Gasteiger partial charge is 0.252 e. The van der Waals surface area contributed by atoms with Gasteiger partial charge >= 0.3 is 0 Å². The fourth-order valence-electron chi connectivity index (χ4n) is 1.38. The molecular weight excluding hydrogens is 391 g/mol. The first-order valence-corrected chi connectivity index (χ1v) is 9.79. The molecule has 1 aromatic carbocycles. The van der Waals surface area contributed by atoms with Gasteiger partial charge in [-0.15, -0.1) is 0 Å². The molecule has 0 bridgehead atoms. The van der Waals surface area contributed by atoms with Crippen LogP contribution in [0.3, 0.4) is 0 Å². The Hall–Kier alpha value is -1.04. The van der Waals surface area contributed by atoms with Crippen LogP contribution in [0.1, 0.15) is 10.4 Å². The first-order valence-electron chi connectivity index (χ1n) is 5.39. The summed E-state index contributed by atoms with van der Waals surface area (Å²) in [6, 6.07) is 1.49. The van der Waals surface area contributed by atoms with E-state index >= 15 is 0 Å². The van der Waals surface area contributed by atoms with Crippen molar-refractivity contribution in [3.05, 3.63) is 28.0 Å². The van der Waals surface area contributed by atoms with Crippen LogP contribution in [0.25, 0.3) is 0 Å². The van der Waals surface area contributed by atoms with Gasteiger partial charge in [0.2, 0.25) is 10.0 Å². The first-order chi connectivity index (χ1) is 9.42. The Labute approximate surface area is 129 Å². The molecule has 0 aliphatic heterocycles. The molecule has 1 aromatic rings. The average Bonchev–Trinajstić information content (AvgIpc) is 2.28. The Morgan fingerprint density at radius 1 is 1.33 bits per heavy atom. The molecule has 0 saturated carbocycles. The molecule has 1 amide bonds. The molecule has 0 aromatic heterocycles. The molecule has 11 heteroatoms. The fraction of sp³-hybridized carbons (Fsp3) is 0.300. The van der Waals surface area contributed by atoms with E-state index in [1.165, 1.54) is 0 Å². The summed E-state index contributed by atoms with van der Waals surface area (Å²) in [6.07, 6.45) is 0.996. The third kappa shape index (κ3) is 5.34. The second kappa shape index (κ2) is 6.38. The van der Waals surface area contributed by atoms with E-state index in [9.17, 15) is 26.0 Å². The standard InChI is InChI=1S/C10H12BrFN2O5S2/c1-20(16,17)3-2-14-10(15)7-4-6(12)5-8(9(7)11)21(13,18)19/h4-5H,2-3H2,1H3,(H,14,15)(H2,13,18,19). The van der Waals surface area contributed by atoms with E-state index in [0.29, 0.717) is 6.07 Å². The summed E-state index contributed by atoms with van der Waals surface area (Å²) in [7, 11) is -7.49. The van der Waals surface area contributed by atoms with Crippen LogP contribution in [0, 0.1) is 5.82 Å². The molecule has 0 spiro atoms. The Morgan fingerprint density at radius 2 is 1.90 bits per heavy atom. The van der Waals surface area contributed by atoms with Gasteiger partial charge in [-0.05, 0) is 28.1 Å². The van der Waals surface area contributed by atoms with Crippen molar-refractivity contribution < 1.29 is 26.0 Å². The number of rotatable bonds is 5. The number of primary sulfonamides is 1. The van der Waals surface area contributed by atoms with Crippen LogP contribution in [-0.2, 0) is 19.9 Å². The molecular formula is C10H12BrFN2O5S2. The number of sulfonamides is 1. The van der Waals surface area contributed by atoms with Gasteiger partial charge in [-0.2, -0.15) is 0 Å². The van der Waals surface area contributed by atoms with Crippen molar-refractivity contribution in [2.24, 2.45) is 5.14 Å². The summed E-state index contributed by atoms with van der Waals surface area (Å²) in [6.45, 7) is -0.189. The van der Waals surface area contributed by atoms with E-state index < -0.39 is 36.5 Å². The molecule has 0 aliphatic carbocycles. The highest BCUT2D eigenvalue weighted by atomic mass is 79.9. The number of hydrogen-bond donors (Lipinski definition) is 2. The van der Waals surface area contributed by atoms with Crippen LogP contribution in [0.15, 0.2) is 21.5 Å². The lowest BCUT2D eigenvalue weighted by Crippen LogP contribution is -2.29. The number of amides is 1. The van der Waals surface area contributed by atoms with Gasteiger partial charge in [-0.1, -0.05) is 0 Å². The van der Waals surface area contributed by atoms with Gasteiger partial charge in [-0.25, -0.2) is 26.4 Å². The van der Waals surface area contributed by atoms with Gasteiger partial charge in [0.15, 0.2) is 0 Å². The third-order valence-electron chi connectivity index (χ3n) is 2.31. The molecule has 21 heavy (non-hydrogen) atoms. The van der Waals surface area contributed by atoms with Gasteiger partial charge in [0.05, 0.1) is 20.7 Å². The van der Waals surface area contributed by atoms with Crippen LogP contribution in [-0.4, -0.2) is 41.3 Å². The maximum absolute atomic E-state index is 13.4. The lowest BCUT2D eigenvalue weighted by atomic mass is 10.2. The van der Waals surface area contributed by atoms with E-state index in [0.717, 1.165) is 12.3 Å². The first kappa shape index (κ1) is 18.0. The highest BCUT2D eigenvalue weighted by molar-refractivity contribution is 9.10. The van der Waals surface area contributed by atoms with Crippen molar-refractivity contribution in [2.45, 2.75) is 4.90 Å². The predicted octanol–water partition coefficient (Wildman–Crippen LogP) is 0.0100. The lowest BCUT2D eigenvalue weighted by molar-refractivity contribution is 0.0954. The van der Waals surface area contributed by atoms with Gasteiger partial charge in [0.1, 0.15) is 15.7 Å². The maximum atomic E-state index is 13.4. The minimum Gasteiger partial charge on any atom is -0.351 e. The summed E-state index contributed by atoms with van der Waals surface area (Å²) in [5, 5.41) is 7.17. The van der Waals surface area contributed by atoms with Crippen molar-refractivity contribution in [2.75, 3.05) is 18.6 Å². The second-order valence-corrected chi connectivity index (χ2v) is 8.78. The van der Waals surface area contributed by atoms with Crippen molar-refractivity contribution in [3.8, 4) is 0 Å². The zero-order valence-corrected chi connectivity index (χ0v) is 14.0. The van der Waals surface area contributed by atoms with Crippen LogP contribution in [0.5, 0.6) is 0 Å². The van der Waals surface area contributed by atoms with Gasteiger partial charge in [0.25, 0.3) is 5.91 Å². The third-order valence-corrected chi connectivity index (χ3v) is 5.31. The van der Waals surface area contributed by atoms with Gasteiger partial charge in [0, 0.05) is 12.8 Å². The number of carbonyl (C=O) groups excluding carboxylic acids is 1. The minimum atomic E-state index is -4.22. The molecule has 0 atom stereocenters. The lowest BCUT2D eigenvalue weighted by Gasteiger charge is -2.09. The van der Waals surface area contributed by atoms with Crippen molar-refractivity contribution >= 4 is 41.7 Å². The summed E-state index contributed by atoms with van der Waals surface area (Å²) in [4.78, 5) is 11.3. The number of nitrogens with two attached hydrogens (primary N) is 1. The molecule has 0 aliphatic rings. The van der Waals surface area contributed by atoms with Crippen LogP contribution >= 0.6 is 15.9 Å². The highest BCUT2D eigenvalue weighted by Gasteiger charge is 2.21.